The summed E-state index contributed by atoms with van der Waals surface area (Å²) in [5.74, 6) is 0.516. The van der Waals surface area contributed by atoms with Crippen molar-refractivity contribution in [1.82, 2.24) is 15.6 Å². The zero-order valence-electron chi connectivity index (χ0n) is 15.7. The minimum Gasteiger partial charge on any atom is -0.380 e. The lowest BCUT2D eigenvalue weighted by Gasteiger charge is -2.12. The first-order valence-electron chi connectivity index (χ1n) is 8.96. The molecule has 3 aromatic rings. The van der Waals surface area contributed by atoms with Crippen LogP contribution in [0.25, 0.3) is 10.9 Å². The molecule has 0 unspecified atom stereocenters. The predicted octanol–water partition coefficient (Wildman–Crippen LogP) is 3.36. The Hall–Kier alpha value is -2.86. The van der Waals surface area contributed by atoms with E-state index < -0.39 is 0 Å². The Morgan fingerprint density at radius 2 is 2.00 bits per heavy atom. The van der Waals surface area contributed by atoms with Crippen LogP contribution in [0.5, 0.6) is 0 Å². The van der Waals surface area contributed by atoms with Crippen molar-refractivity contribution in [2.75, 3.05) is 20.7 Å². The Kier molecular flexibility index (Phi) is 6.44. The first kappa shape index (κ1) is 18.9. The fraction of sp³-hybridized carbons (Fsp3) is 0.286. The molecule has 0 atom stereocenters. The predicted molar refractivity (Wildman–Crippen MR) is 107 cm³/mol. The third-order valence-electron chi connectivity index (χ3n) is 4.40. The molecule has 3 rings (SSSR count). The maximum Gasteiger partial charge on any atom is 0.191 e. The van der Waals surface area contributed by atoms with Gasteiger partial charge in [-0.25, -0.2) is 4.39 Å². The highest BCUT2D eigenvalue weighted by atomic mass is 19.1. The number of nitrogens with zero attached hydrogens (tertiary/aromatic N) is 1. The summed E-state index contributed by atoms with van der Waals surface area (Å²) in [6, 6.07) is 13.1. The number of halogens is 1. The molecule has 2 aromatic carbocycles. The molecule has 5 nitrogen and oxygen atoms in total. The summed E-state index contributed by atoms with van der Waals surface area (Å²) in [4.78, 5) is 7.44. The van der Waals surface area contributed by atoms with E-state index in [1.54, 1.807) is 26.3 Å². The van der Waals surface area contributed by atoms with Crippen LogP contribution < -0.4 is 10.6 Å². The van der Waals surface area contributed by atoms with Gasteiger partial charge < -0.3 is 20.4 Å². The van der Waals surface area contributed by atoms with Gasteiger partial charge in [-0.05, 0) is 41.3 Å². The lowest BCUT2D eigenvalue weighted by atomic mass is 10.1. The van der Waals surface area contributed by atoms with E-state index in [0.717, 1.165) is 34.4 Å². The van der Waals surface area contributed by atoms with E-state index >= 15 is 0 Å². The Balaban J connectivity index is 1.52. The van der Waals surface area contributed by atoms with Crippen molar-refractivity contribution < 1.29 is 9.13 Å². The number of hydrogen-bond acceptors (Lipinski definition) is 2. The SMILES string of the molecule is CN=C(NCCc1c[nH]c2ccc(F)cc12)NCc1cccc(COC)c1. The van der Waals surface area contributed by atoms with Gasteiger partial charge in [0.1, 0.15) is 5.82 Å². The summed E-state index contributed by atoms with van der Waals surface area (Å²) in [6.07, 6.45) is 2.71. The second-order valence-electron chi connectivity index (χ2n) is 6.36. The van der Waals surface area contributed by atoms with Gasteiger partial charge in [0.05, 0.1) is 6.61 Å². The van der Waals surface area contributed by atoms with E-state index in [4.69, 9.17) is 4.74 Å². The molecule has 0 aliphatic heterocycles. The van der Waals surface area contributed by atoms with Crippen LogP contribution in [0.4, 0.5) is 4.39 Å². The molecule has 0 aliphatic carbocycles. The second kappa shape index (κ2) is 9.19. The Morgan fingerprint density at radius 1 is 1.15 bits per heavy atom. The first-order valence-corrected chi connectivity index (χ1v) is 8.96. The summed E-state index contributed by atoms with van der Waals surface area (Å²) in [5.41, 5.74) is 4.34. The van der Waals surface area contributed by atoms with Gasteiger partial charge in [-0.15, -0.1) is 0 Å². The number of aromatic nitrogens is 1. The van der Waals surface area contributed by atoms with E-state index in [0.29, 0.717) is 19.7 Å². The highest BCUT2D eigenvalue weighted by Gasteiger charge is 2.05. The Morgan fingerprint density at radius 3 is 2.81 bits per heavy atom. The summed E-state index contributed by atoms with van der Waals surface area (Å²) < 4.78 is 18.6. The molecule has 3 N–H and O–H groups in total. The average Bonchev–Trinajstić information content (AvgIpc) is 3.07. The summed E-state index contributed by atoms with van der Waals surface area (Å²) in [5, 5.41) is 7.54. The molecule has 0 aliphatic rings. The lowest BCUT2D eigenvalue weighted by Crippen LogP contribution is -2.37. The standard InChI is InChI=1S/C21H25FN4O/c1-23-21(26-12-15-4-3-5-16(10-15)14-27-2)24-9-8-17-13-25-20-7-6-18(22)11-19(17)20/h3-7,10-11,13,25H,8-9,12,14H2,1-2H3,(H2,23,24,26). The van der Waals surface area contributed by atoms with E-state index in [2.05, 4.69) is 32.7 Å². The molecule has 0 amide bonds. The number of ether oxygens (including phenoxy) is 1. The van der Waals surface area contributed by atoms with Crippen molar-refractivity contribution in [2.45, 2.75) is 19.6 Å². The number of rotatable bonds is 7. The fourth-order valence-electron chi connectivity index (χ4n) is 3.08. The van der Waals surface area contributed by atoms with Crippen molar-refractivity contribution in [3.63, 3.8) is 0 Å². The van der Waals surface area contributed by atoms with Crippen molar-refractivity contribution in [3.8, 4) is 0 Å². The smallest absolute Gasteiger partial charge is 0.191 e. The molecule has 0 radical (unpaired) electrons. The van der Waals surface area contributed by atoms with Crippen LogP contribution in [0.15, 0.2) is 53.7 Å². The number of aromatic amines is 1. The molecule has 142 valence electrons. The first-order chi connectivity index (χ1) is 13.2. The molecular weight excluding hydrogens is 343 g/mol. The summed E-state index contributed by atoms with van der Waals surface area (Å²) >= 11 is 0. The molecule has 0 spiro atoms. The average molecular weight is 368 g/mol. The van der Waals surface area contributed by atoms with Crippen molar-refractivity contribution in [1.29, 1.82) is 0 Å². The largest absolute Gasteiger partial charge is 0.380 e. The molecule has 0 fully saturated rings. The van der Waals surface area contributed by atoms with E-state index in [1.165, 1.54) is 11.6 Å². The normalized spacial score (nSPS) is 11.7. The van der Waals surface area contributed by atoms with Gasteiger partial charge in [-0.3, -0.25) is 4.99 Å². The van der Waals surface area contributed by atoms with Crippen LogP contribution in [0, 0.1) is 5.82 Å². The van der Waals surface area contributed by atoms with E-state index in [-0.39, 0.29) is 5.82 Å². The molecule has 6 heteroatoms. The number of aliphatic imine (C=N–C) groups is 1. The van der Waals surface area contributed by atoms with Gasteiger partial charge in [0.25, 0.3) is 0 Å². The molecule has 1 aromatic heterocycles. The van der Waals surface area contributed by atoms with Gasteiger partial charge in [-0.2, -0.15) is 0 Å². The van der Waals surface area contributed by atoms with Crippen LogP contribution in [0.2, 0.25) is 0 Å². The fourth-order valence-corrected chi connectivity index (χ4v) is 3.08. The second-order valence-corrected chi connectivity index (χ2v) is 6.36. The molecule has 1 heterocycles. The highest BCUT2D eigenvalue weighted by Crippen LogP contribution is 2.19. The molecule has 0 bridgehead atoms. The van der Waals surface area contributed by atoms with Gasteiger partial charge in [-0.1, -0.05) is 24.3 Å². The van der Waals surface area contributed by atoms with Crippen LogP contribution in [-0.2, 0) is 24.3 Å². The minimum atomic E-state index is -0.218. The zero-order chi connectivity index (χ0) is 19.1. The van der Waals surface area contributed by atoms with Crippen molar-refractivity contribution >= 4 is 16.9 Å². The number of guanidine groups is 1. The maximum absolute atomic E-state index is 13.5. The van der Waals surface area contributed by atoms with Crippen LogP contribution in [0.1, 0.15) is 16.7 Å². The van der Waals surface area contributed by atoms with Crippen molar-refractivity contribution in [3.05, 3.63) is 71.2 Å². The van der Waals surface area contributed by atoms with Crippen LogP contribution in [-0.4, -0.2) is 31.6 Å². The molecular formula is C21H25FN4O. The lowest BCUT2D eigenvalue weighted by molar-refractivity contribution is 0.185. The van der Waals surface area contributed by atoms with E-state index in [9.17, 15) is 4.39 Å². The van der Waals surface area contributed by atoms with Crippen LogP contribution >= 0.6 is 0 Å². The number of nitrogens with one attached hydrogen (secondary N) is 3. The number of benzene rings is 2. The zero-order valence-corrected chi connectivity index (χ0v) is 15.7. The van der Waals surface area contributed by atoms with Gasteiger partial charge >= 0.3 is 0 Å². The molecule has 27 heavy (non-hydrogen) atoms. The Bertz CT molecular complexity index is 919. The number of fused-ring (bicyclic) bond motifs is 1. The van der Waals surface area contributed by atoms with E-state index in [1.807, 2.05) is 18.3 Å². The maximum atomic E-state index is 13.5. The van der Waals surface area contributed by atoms with Crippen LogP contribution in [0.3, 0.4) is 0 Å². The summed E-state index contributed by atoms with van der Waals surface area (Å²) in [7, 11) is 3.44. The third kappa shape index (κ3) is 5.08. The number of H-pyrrole nitrogens is 1. The topological polar surface area (TPSA) is 61.4 Å². The Labute approximate surface area is 158 Å². The highest BCUT2D eigenvalue weighted by molar-refractivity contribution is 5.83. The number of hydrogen-bond donors (Lipinski definition) is 3. The summed E-state index contributed by atoms with van der Waals surface area (Å²) in [6.45, 7) is 1.98. The van der Waals surface area contributed by atoms with Crippen molar-refractivity contribution in [2.24, 2.45) is 4.99 Å². The third-order valence-corrected chi connectivity index (χ3v) is 4.40. The monoisotopic (exact) mass is 368 g/mol. The quantitative estimate of drug-likeness (QED) is 0.443. The van der Waals surface area contributed by atoms with Gasteiger partial charge in [0, 0.05) is 44.3 Å². The van der Waals surface area contributed by atoms with Gasteiger partial charge in [0.15, 0.2) is 5.96 Å². The number of methoxy groups -OCH3 is 1. The molecule has 0 saturated carbocycles. The minimum absolute atomic E-state index is 0.218. The van der Waals surface area contributed by atoms with Gasteiger partial charge in [0.2, 0.25) is 0 Å². The molecule has 0 saturated heterocycles.